The lowest BCUT2D eigenvalue weighted by Crippen LogP contribution is -2.19. The largest absolute Gasteiger partial charge is 0.368 e. The molecule has 0 radical (unpaired) electrons. The summed E-state index contributed by atoms with van der Waals surface area (Å²) in [5, 5.41) is 7.58. The van der Waals surface area contributed by atoms with Crippen LogP contribution in [0, 0.1) is 0 Å². The van der Waals surface area contributed by atoms with Crippen molar-refractivity contribution < 1.29 is 4.79 Å². The standard InChI is InChI=1S/C16H22N4O/c1-5-12-10-13(6-2)20(19-12)16(21)14-8-7-9-15(18-14)17-11(3)4/h7-11H,5-6H2,1-4H3,(H,17,18). The minimum atomic E-state index is -0.182. The lowest BCUT2D eigenvalue weighted by Gasteiger charge is -2.10. The number of pyridine rings is 1. The molecule has 5 nitrogen and oxygen atoms in total. The van der Waals surface area contributed by atoms with Crippen molar-refractivity contribution in [1.82, 2.24) is 14.8 Å². The lowest BCUT2D eigenvalue weighted by molar-refractivity contribution is 0.0936. The monoisotopic (exact) mass is 286 g/mol. The molecule has 5 heteroatoms. The first kappa shape index (κ1) is 15.2. The highest BCUT2D eigenvalue weighted by Crippen LogP contribution is 2.11. The van der Waals surface area contributed by atoms with E-state index in [9.17, 15) is 4.79 Å². The topological polar surface area (TPSA) is 59.8 Å². The number of aromatic nitrogens is 3. The van der Waals surface area contributed by atoms with Gasteiger partial charge in [0.1, 0.15) is 11.5 Å². The molecule has 2 aromatic heterocycles. The maximum Gasteiger partial charge on any atom is 0.297 e. The molecule has 0 spiro atoms. The van der Waals surface area contributed by atoms with E-state index in [4.69, 9.17) is 0 Å². The molecule has 0 unspecified atom stereocenters. The fourth-order valence-electron chi connectivity index (χ4n) is 2.11. The second kappa shape index (κ2) is 6.52. The number of nitrogens with zero attached hydrogens (tertiary/aromatic N) is 3. The van der Waals surface area contributed by atoms with E-state index in [0.29, 0.717) is 11.5 Å². The number of hydrogen-bond acceptors (Lipinski definition) is 4. The fraction of sp³-hybridized carbons (Fsp3) is 0.438. The predicted octanol–water partition coefficient (Wildman–Crippen LogP) is 2.91. The molecule has 0 bridgehead atoms. The first-order chi connectivity index (χ1) is 10.0. The molecule has 0 aromatic carbocycles. The Balaban J connectivity index is 2.33. The third-order valence-electron chi connectivity index (χ3n) is 3.16. The van der Waals surface area contributed by atoms with Gasteiger partial charge in [0.2, 0.25) is 0 Å². The van der Waals surface area contributed by atoms with E-state index >= 15 is 0 Å². The highest BCUT2D eigenvalue weighted by atomic mass is 16.2. The number of carbonyl (C=O) groups excluding carboxylic acids is 1. The van der Waals surface area contributed by atoms with Crippen molar-refractivity contribution >= 4 is 11.7 Å². The van der Waals surface area contributed by atoms with Crippen LogP contribution in [0.5, 0.6) is 0 Å². The molecular weight excluding hydrogens is 264 g/mol. The molecule has 0 saturated carbocycles. The molecule has 0 saturated heterocycles. The average Bonchev–Trinajstić information content (AvgIpc) is 2.89. The molecular formula is C16H22N4O. The van der Waals surface area contributed by atoms with Gasteiger partial charge in [-0.25, -0.2) is 4.98 Å². The summed E-state index contributed by atoms with van der Waals surface area (Å²) < 4.78 is 1.47. The molecule has 0 amide bonds. The van der Waals surface area contributed by atoms with Gasteiger partial charge in [0.25, 0.3) is 5.91 Å². The van der Waals surface area contributed by atoms with Crippen LogP contribution in [0.4, 0.5) is 5.82 Å². The average molecular weight is 286 g/mol. The van der Waals surface area contributed by atoms with E-state index in [0.717, 1.165) is 24.2 Å². The highest BCUT2D eigenvalue weighted by molar-refractivity contribution is 5.94. The first-order valence-electron chi connectivity index (χ1n) is 7.41. The maximum absolute atomic E-state index is 12.6. The van der Waals surface area contributed by atoms with Crippen molar-refractivity contribution in [3.63, 3.8) is 0 Å². The predicted molar refractivity (Wildman–Crippen MR) is 83.7 cm³/mol. The minimum Gasteiger partial charge on any atom is -0.368 e. The normalized spacial score (nSPS) is 10.9. The molecule has 0 aliphatic carbocycles. The van der Waals surface area contributed by atoms with E-state index in [1.807, 2.05) is 45.9 Å². The van der Waals surface area contributed by atoms with Crippen molar-refractivity contribution in [3.8, 4) is 0 Å². The SMILES string of the molecule is CCc1cc(CC)n(C(=O)c2cccc(NC(C)C)n2)n1. The van der Waals surface area contributed by atoms with E-state index in [2.05, 4.69) is 15.4 Å². The Morgan fingerprint density at radius 3 is 2.67 bits per heavy atom. The van der Waals surface area contributed by atoms with Crippen LogP contribution < -0.4 is 5.32 Å². The van der Waals surface area contributed by atoms with Gasteiger partial charge in [-0.3, -0.25) is 4.79 Å². The van der Waals surface area contributed by atoms with Crippen LogP contribution >= 0.6 is 0 Å². The molecule has 0 atom stereocenters. The third kappa shape index (κ3) is 3.48. The lowest BCUT2D eigenvalue weighted by atomic mass is 10.2. The second-order valence-electron chi connectivity index (χ2n) is 5.26. The van der Waals surface area contributed by atoms with E-state index in [1.54, 1.807) is 6.07 Å². The minimum absolute atomic E-state index is 0.182. The summed E-state index contributed by atoms with van der Waals surface area (Å²) in [6.45, 7) is 8.12. The van der Waals surface area contributed by atoms with E-state index in [-0.39, 0.29) is 11.9 Å². The van der Waals surface area contributed by atoms with Gasteiger partial charge in [0.15, 0.2) is 0 Å². The van der Waals surface area contributed by atoms with Gasteiger partial charge in [0.05, 0.1) is 5.69 Å². The molecule has 2 rings (SSSR count). The Labute approximate surface area is 125 Å². The summed E-state index contributed by atoms with van der Waals surface area (Å²) in [5.41, 5.74) is 2.25. The molecule has 21 heavy (non-hydrogen) atoms. The Bertz CT molecular complexity index is 631. The van der Waals surface area contributed by atoms with Crippen LogP contribution in [0.2, 0.25) is 0 Å². The summed E-state index contributed by atoms with van der Waals surface area (Å²) in [4.78, 5) is 17.0. The number of hydrogen-bond donors (Lipinski definition) is 1. The van der Waals surface area contributed by atoms with Gasteiger partial charge < -0.3 is 5.32 Å². The Morgan fingerprint density at radius 1 is 1.29 bits per heavy atom. The maximum atomic E-state index is 12.6. The van der Waals surface area contributed by atoms with Crippen LogP contribution in [0.15, 0.2) is 24.3 Å². The number of carbonyl (C=O) groups is 1. The summed E-state index contributed by atoms with van der Waals surface area (Å²) in [6, 6.07) is 7.67. The number of anilines is 1. The molecule has 0 aliphatic rings. The van der Waals surface area contributed by atoms with E-state index < -0.39 is 0 Å². The van der Waals surface area contributed by atoms with Crippen molar-refractivity contribution in [3.05, 3.63) is 41.3 Å². The van der Waals surface area contributed by atoms with E-state index in [1.165, 1.54) is 4.68 Å². The van der Waals surface area contributed by atoms with Crippen LogP contribution in [0.1, 0.15) is 49.6 Å². The summed E-state index contributed by atoms with van der Waals surface area (Å²) >= 11 is 0. The molecule has 1 N–H and O–H groups in total. The second-order valence-corrected chi connectivity index (χ2v) is 5.26. The zero-order valence-electron chi connectivity index (χ0n) is 13.1. The van der Waals surface area contributed by atoms with Crippen molar-refractivity contribution in [1.29, 1.82) is 0 Å². The molecule has 112 valence electrons. The molecule has 0 aliphatic heterocycles. The number of aryl methyl sites for hydroxylation is 2. The number of rotatable bonds is 5. The van der Waals surface area contributed by atoms with Gasteiger partial charge in [0, 0.05) is 11.7 Å². The first-order valence-corrected chi connectivity index (χ1v) is 7.41. The van der Waals surface area contributed by atoms with Crippen LogP contribution in [-0.2, 0) is 12.8 Å². The Kier molecular flexibility index (Phi) is 4.73. The summed E-state index contributed by atoms with van der Waals surface area (Å²) in [7, 11) is 0. The molecule has 0 fully saturated rings. The van der Waals surface area contributed by atoms with Crippen molar-refractivity contribution in [2.45, 2.75) is 46.6 Å². The third-order valence-corrected chi connectivity index (χ3v) is 3.16. The highest BCUT2D eigenvalue weighted by Gasteiger charge is 2.16. The Hall–Kier alpha value is -2.17. The van der Waals surface area contributed by atoms with Gasteiger partial charge in [-0.15, -0.1) is 0 Å². The van der Waals surface area contributed by atoms with Gasteiger partial charge in [-0.2, -0.15) is 9.78 Å². The zero-order valence-corrected chi connectivity index (χ0v) is 13.1. The summed E-state index contributed by atoms with van der Waals surface area (Å²) in [5.74, 6) is 0.524. The fourth-order valence-corrected chi connectivity index (χ4v) is 2.11. The quantitative estimate of drug-likeness (QED) is 0.918. The van der Waals surface area contributed by atoms with Crippen molar-refractivity contribution in [2.75, 3.05) is 5.32 Å². The van der Waals surface area contributed by atoms with Gasteiger partial charge in [-0.05, 0) is 44.9 Å². The van der Waals surface area contributed by atoms with Crippen molar-refractivity contribution in [2.24, 2.45) is 0 Å². The summed E-state index contributed by atoms with van der Waals surface area (Å²) in [6.07, 6.45) is 1.58. The zero-order chi connectivity index (χ0) is 15.4. The van der Waals surface area contributed by atoms with Crippen LogP contribution in [-0.4, -0.2) is 26.7 Å². The van der Waals surface area contributed by atoms with Crippen LogP contribution in [0.3, 0.4) is 0 Å². The van der Waals surface area contributed by atoms with Gasteiger partial charge in [-0.1, -0.05) is 19.9 Å². The number of nitrogens with one attached hydrogen (secondary N) is 1. The smallest absolute Gasteiger partial charge is 0.297 e. The molecule has 2 aromatic rings. The van der Waals surface area contributed by atoms with Gasteiger partial charge >= 0.3 is 0 Å². The van der Waals surface area contributed by atoms with Crippen LogP contribution in [0.25, 0.3) is 0 Å². The molecule has 2 heterocycles. The Morgan fingerprint density at radius 2 is 2.05 bits per heavy atom.